The Morgan fingerprint density at radius 1 is 1.22 bits per heavy atom. The highest BCUT2D eigenvalue weighted by Gasteiger charge is 2.27. The molecule has 0 bridgehead atoms. The van der Waals surface area contributed by atoms with Gasteiger partial charge in [0, 0.05) is 37.4 Å². The number of amides is 1. The normalized spacial score (nSPS) is 15.9. The molecule has 1 aromatic carbocycles. The van der Waals surface area contributed by atoms with Crippen LogP contribution in [0.2, 0.25) is 0 Å². The Bertz CT molecular complexity index is 882. The van der Waals surface area contributed by atoms with Crippen LogP contribution in [0, 0.1) is 6.92 Å². The van der Waals surface area contributed by atoms with E-state index in [1.807, 2.05) is 38.1 Å². The van der Waals surface area contributed by atoms with Crippen LogP contribution in [-0.2, 0) is 16.6 Å². The lowest BCUT2D eigenvalue weighted by Gasteiger charge is -2.32. The molecule has 1 aromatic heterocycles. The van der Waals surface area contributed by atoms with E-state index in [-0.39, 0.29) is 16.8 Å². The third kappa shape index (κ3) is 4.75. The number of hydrogen-bond donors (Lipinski definition) is 1. The van der Waals surface area contributed by atoms with Crippen molar-refractivity contribution in [2.45, 2.75) is 50.6 Å². The SMILES string of the molecule is CCCn1cc(S(=O)(=O)NC2CCN(C(=O)c3ccc(C)cc3)CC2)cn1. The highest BCUT2D eigenvalue weighted by atomic mass is 32.2. The Morgan fingerprint density at radius 3 is 2.52 bits per heavy atom. The van der Waals surface area contributed by atoms with Gasteiger partial charge in [-0.15, -0.1) is 0 Å². The van der Waals surface area contributed by atoms with E-state index in [1.54, 1.807) is 15.8 Å². The van der Waals surface area contributed by atoms with Crippen molar-refractivity contribution < 1.29 is 13.2 Å². The lowest BCUT2D eigenvalue weighted by Crippen LogP contribution is -2.46. The molecule has 7 nitrogen and oxygen atoms in total. The Kier molecular flexibility index (Phi) is 5.96. The third-order valence-electron chi connectivity index (χ3n) is 4.78. The van der Waals surface area contributed by atoms with Crippen LogP contribution in [0.5, 0.6) is 0 Å². The Morgan fingerprint density at radius 2 is 1.89 bits per heavy atom. The van der Waals surface area contributed by atoms with E-state index >= 15 is 0 Å². The summed E-state index contributed by atoms with van der Waals surface area (Å²) in [6.07, 6.45) is 5.03. The number of piperidine rings is 1. The number of benzene rings is 1. The van der Waals surface area contributed by atoms with Crippen LogP contribution < -0.4 is 4.72 Å². The highest BCUT2D eigenvalue weighted by Crippen LogP contribution is 2.17. The summed E-state index contributed by atoms with van der Waals surface area (Å²) in [5.74, 6) is -0.00264. The topological polar surface area (TPSA) is 84.3 Å². The molecule has 1 aliphatic rings. The Labute approximate surface area is 160 Å². The van der Waals surface area contributed by atoms with E-state index in [2.05, 4.69) is 9.82 Å². The van der Waals surface area contributed by atoms with Crippen LogP contribution in [0.15, 0.2) is 41.6 Å². The van der Waals surface area contributed by atoms with E-state index in [4.69, 9.17) is 0 Å². The molecule has 1 fully saturated rings. The van der Waals surface area contributed by atoms with Crippen molar-refractivity contribution in [3.05, 3.63) is 47.8 Å². The number of rotatable bonds is 6. The highest BCUT2D eigenvalue weighted by molar-refractivity contribution is 7.89. The number of hydrogen-bond acceptors (Lipinski definition) is 4. The fourth-order valence-corrected chi connectivity index (χ4v) is 4.46. The van der Waals surface area contributed by atoms with Gasteiger partial charge in [-0.25, -0.2) is 13.1 Å². The van der Waals surface area contributed by atoms with Gasteiger partial charge >= 0.3 is 0 Å². The van der Waals surface area contributed by atoms with Crippen LogP contribution >= 0.6 is 0 Å². The van der Waals surface area contributed by atoms with Crippen molar-refractivity contribution in [1.29, 1.82) is 0 Å². The van der Waals surface area contributed by atoms with Gasteiger partial charge in [-0.3, -0.25) is 9.48 Å². The minimum Gasteiger partial charge on any atom is -0.339 e. The predicted molar refractivity (Wildman–Crippen MR) is 103 cm³/mol. The fourth-order valence-electron chi connectivity index (χ4n) is 3.20. The molecule has 0 atom stereocenters. The van der Waals surface area contributed by atoms with Crippen LogP contribution in [0.1, 0.15) is 42.1 Å². The smallest absolute Gasteiger partial charge is 0.253 e. The lowest BCUT2D eigenvalue weighted by atomic mass is 10.0. The van der Waals surface area contributed by atoms with Crippen LogP contribution in [-0.4, -0.2) is 48.1 Å². The summed E-state index contributed by atoms with van der Waals surface area (Å²) >= 11 is 0. The minimum atomic E-state index is -3.59. The molecule has 0 aliphatic carbocycles. The fraction of sp³-hybridized carbons (Fsp3) is 0.474. The second-order valence-electron chi connectivity index (χ2n) is 6.99. The van der Waals surface area contributed by atoms with E-state index in [0.717, 1.165) is 12.0 Å². The zero-order valence-electron chi connectivity index (χ0n) is 15.8. The van der Waals surface area contributed by atoms with Crippen molar-refractivity contribution in [2.75, 3.05) is 13.1 Å². The molecule has 1 saturated heterocycles. The molecule has 1 amide bonds. The molecule has 2 heterocycles. The first-order chi connectivity index (χ1) is 12.9. The van der Waals surface area contributed by atoms with Gasteiger partial charge in [0.15, 0.2) is 0 Å². The number of likely N-dealkylation sites (tertiary alicyclic amines) is 1. The maximum Gasteiger partial charge on any atom is 0.253 e. The van der Waals surface area contributed by atoms with Crippen molar-refractivity contribution in [3.8, 4) is 0 Å². The molecule has 146 valence electrons. The number of nitrogens with zero attached hydrogens (tertiary/aromatic N) is 3. The van der Waals surface area contributed by atoms with Crippen molar-refractivity contribution in [2.24, 2.45) is 0 Å². The largest absolute Gasteiger partial charge is 0.339 e. The summed E-state index contributed by atoms with van der Waals surface area (Å²) in [5.41, 5.74) is 1.78. The molecular weight excluding hydrogens is 364 g/mol. The van der Waals surface area contributed by atoms with E-state index in [0.29, 0.717) is 38.0 Å². The quantitative estimate of drug-likeness (QED) is 0.819. The lowest BCUT2D eigenvalue weighted by molar-refractivity contribution is 0.0711. The van der Waals surface area contributed by atoms with E-state index in [1.165, 1.54) is 6.20 Å². The summed E-state index contributed by atoms with van der Waals surface area (Å²) in [6, 6.07) is 7.34. The van der Waals surface area contributed by atoms with Crippen LogP contribution in [0.4, 0.5) is 0 Å². The maximum atomic E-state index is 12.6. The number of carbonyl (C=O) groups excluding carboxylic acids is 1. The average molecular weight is 391 g/mol. The minimum absolute atomic E-state index is 0.00264. The van der Waals surface area contributed by atoms with Gasteiger partial charge in [0.25, 0.3) is 5.91 Å². The second-order valence-corrected chi connectivity index (χ2v) is 8.71. The van der Waals surface area contributed by atoms with E-state index < -0.39 is 10.0 Å². The van der Waals surface area contributed by atoms with Crippen LogP contribution in [0.3, 0.4) is 0 Å². The van der Waals surface area contributed by atoms with Gasteiger partial charge in [0.2, 0.25) is 10.0 Å². The number of sulfonamides is 1. The first kappa shape index (κ1) is 19.6. The first-order valence-electron chi connectivity index (χ1n) is 9.30. The average Bonchev–Trinajstić information content (AvgIpc) is 3.12. The monoisotopic (exact) mass is 390 g/mol. The standard InChI is InChI=1S/C19H26N4O3S/c1-3-10-23-14-18(13-20-23)27(25,26)21-17-8-11-22(12-9-17)19(24)16-6-4-15(2)5-7-16/h4-7,13-14,17,21H,3,8-12H2,1-2H3. The summed E-state index contributed by atoms with van der Waals surface area (Å²) < 4.78 is 29.5. The molecule has 0 unspecified atom stereocenters. The van der Waals surface area contributed by atoms with Gasteiger partial charge in [0.05, 0.1) is 6.20 Å². The molecule has 0 spiro atoms. The molecule has 3 rings (SSSR count). The molecule has 0 saturated carbocycles. The van der Waals surface area contributed by atoms with Crippen molar-refractivity contribution in [3.63, 3.8) is 0 Å². The number of aryl methyl sites for hydroxylation is 2. The van der Waals surface area contributed by atoms with Gasteiger partial charge in [-0.2, -0.15) is 5.10 Å². The maximum absolute atomic E-state index is 12.6. The molecule has 1 aliphatic heterocycles. The number of nitrogens with one attached hydrogen (secondary N) is 1. The zero-order valence-corrected chi connectivity index (χ0v) is 16.6. The summed E-state index contributed by atoms with van der Waals surface area (Å²) in [4.78, 5) is 14.5. The van der Waals surface area contributed by atoms with Gasteiger partial charge in [-0.1, -0.05) is 24.6 Å². The Hall–Kier alpha value is -2.19. The van der Waals surface area contributed by atoms with Crippen LogP contribution in [0.25, 0.3) is 0 Å². The summed E-state index contributed by atoms with van der Waals surface area (Å²) in [6.45, 7) is 5.76. The second kappa shape index (κ2) is 8.22. The number of aromatic nitrogens is 2. The van der Waals surface area contributed by atoms with Crippen molar-refractivity contribution >= 4 is 15.9 Å². The summed E-state index contributed by atoms with van der Waals surface area (Å²) in [5, 5.41) is 4.08. The predicted octanol–water partition coefficient (Wildman–Crippen LogP) is 2.18. The van der Waals surface area contributed by atoms with Crippen molar-refractivity contribution in [1.82, 2.24) is 19.4 Å². The summed E-state index contributed by atoms with van der Waals surface area (Å²) in [7, 11) is -3.59. The number of carbonyl (C=O) groups is 1. The van der Waals surface area contributed by atoms with Gasteiger partial charge in [-0.05, 0) is 38.3 Å². The molecular formula is C19H26N4O3S. The van der Waals surface area contributed by atoms with E-state index in [9.17, 15) is 13.2 Å². The molecule has 8 heteroatoms. The van der Waals surface area contributed by atoms with Gasteiger partial charge < -0.3 is 4.90 Å². The van der Waals surface area contributed by atoms with Gasteiger partial charge in [0.1, 0.15) is 4.90 Å². The molecule has 27 heavy (non-hydrogen) atoms. The third-order valence-corrected chi connectivity index (χ3v) is 6.25. The molecule has 2 aromatic rings. The first-order valence-corrected chi connectivity index (χ1v) is 10.8. The Balaban J connectivity index is 1.57. The zero-order chi connectivity index (χ0) is 19.4. The molecule has 0 radical (unpaired) electrons. The molecule has 1 N–H and O–H groups in total.